The molecule has 0 aliphatic rings. The molecule has 0 spiro atoms. The maximum Gasteiger partial charge on any atom is 0.266 e. The summed E-state index contributed by atoms with van der Waals surface area (Å²) >= 11 is 15.5. The number of nitrogens with zero attached hydrogens (tertiary/aromatic N) is 2. The molecule has 0 saturated heterocycles. The zero-order chi connectivity index (χ0) is 19.1. The summed E-state index contributed by atoms with van der Waals surface area (Å²) in [5.41, 5.74) is 0.883. The Balaban J connectivity index is 2.25. The van der Waals surface area contributed by atoms with Crippen LogP contribution in [-0.2, 0) is 4.79 Å². The standard InChI is InChI=1S/C18H10BrCl2N3O2/c19-13-1-3-14(4-2-13)24-18(25)12(10-23)7-11-8-15(20)17(16(21)9-11)26-6-5-22/h1-4,7-9H,6H2,(H,24,25)/b12-7-. The van der Waals surface area contributed by atoms with Crippen LogP contribution in [0.25, 0.3) is 6.08 Å². The van der Waals surface area contributed by atoms with Crippen LogP contribution in [-0.4, -0.2) is 12.5 Å². The second kappa shape index (κ2) is 9.26. The Hall–Kier alpha value is -2.51. The van der Waals surface area contributed by atoms with E-state index in [1.165, 1.54) is 18.2 Å². The summed E-state index contributed by atoms with van der Waals surface area (Å²) in [6.45, 7) is -0.201. The summed E-state index contributed by atoms with van der Waals surface area (Å²) in [4.78, 5) is 12.3. The highest BCUT2D eigenvalue weighted by molar-refractivity contribution is 9.10. The molecule has 0 saturated carbocycles. The summed E-state index contributed by atoms with van der Waals surface area (Å²) < 4.78 is 6.02. The number of ether oxygens (including phenoxy) is 1. The molecule has 0 aromatic heterocycles. The normalized spacial score (nSPS) is 10.6. The summed E-state index contributed by atoms with van der Waals surface area (Å²) in [5, 5.41) is 20.8. The smallest absolute Gasteiger partial charge is 0.266 e. The SMILES string of the molecule is N#CCOc1c(Cl)cc(/C=C(/C#N)C(=O)Nc2ccc(Br)cc2)cc1Cl. The molecule has 0 unspecified atom stereocenters. The largest absolute Gasteiger partial charge is 0.476 e. The van der Waals surface area contributed by atoms with E-state index in [1.807, 2.05) is 12.1 Å². The minimum Gasteiger partial charge on any atom is -0.476 e. The van der Waals surface area contributed by atoms with E-state index in [0.29, 0.717) is 11.3 Å². The maximum absolute atomic E-state index is 12.3. The van der Waals surface area contributed by atoms with Gasteiger partial charge < -0.3 is 10.1 Å². The first-order chi connectivity index (χ1) is 12.4. The van der Waals surface area contributed by atoms with E-state index in [-0.39, 0.29) is 28.0 Å². The summed E-state index contributed by atoms with van der Waals surface area (Å²) in [6, 6.07) is 13.6. The number of anilines is 1. The molecule has 5 nitrogen and oxygen atoms in total. The summed E-state index contributed by atoms with van der Waals surface area (Å²) in [7, 11) is 0. The number of halogens is 3. The Kier molecular flexibility index (Phi) is 7.06. The van der Waals surface area contributed by atoms with Crippen LogP contribution in [0.2, 0.25) is 10.0 Å². The molecule has 0 radical (unpaired) electrons. The van der Waals surface area contributed by atoms with Crippen LogP contribution in [0.5, 0.6) is 5.75 Å². The Morgan fingerprint density at radius 2 is 1.81 bits per heavy atom. The molecule has 1 amide bonds. The predicted molar refractivity (Wildman–Crippen MR) is 104 cm³/mol. The average molecular weight is 451 g/mol. The van der Waals surface area contributed by atoms with Gasteiger partial charge >= 0.3 is 0 Å². The van der Waals surface area contributed by atoms with Gasteiger partial charge in [-0.3, -0.25) is 4.79 Å². The van der Waals surface area contributed by atoms with Crippen molar-refractivity contribution in [1.29, 1.82) is 10.5 Å². The van der Waals surface area contributed by atoms with Crippen molar-refractivity contribution in [2.24, 2.45) is 0 Å². The minimum atomic E-state index is -0.563. The molecular weight excluding hydrogens is 441 g/mol. The zero-order valence-corrected chi connectivity index (χ0v) is 16.2. The van der Waals surface area contributed by atoms with E-state index in [4.69, 9.17) is 33.2 Å². The lowest BCUT2D eigenvalue weighted by Gasteiger charge is -2.08. The highest BCUT2D eigenvalue weighted by atomic mass is 79.9. The Morgan fingerprint density at radius 1 is 1.19 bits per heavy atom. The van der Waals surface area contributed by atoms with Crippen molar-refractivity contribution in [3.8, 4) is 17.9 Å². The second-order valence-corrected chi connectivity index (χ2v) is 6.62. The van der Waals surface area contributed by atoms with Gasteiger partial charge in [-0.2, -0.15) is 10.5 Å². The van der Waals surface area contributed by atoms with E-state index in [2.05, 4.69) is 21.2 Å². The molecule has 0 bridgehead atoms. The lowest BCUT2D eigenvalue weighted by atomic mass is 10.1. The number of nitriles is 2. The molecule has 0 fully saturated rings. The van der Waals surface area contributed by atoms with Crippen LogP contribution in [0.4, 0.5) is 5.69 Å². The van der Waals surface area contributed by atoms with Crippen molar-refractivity contribution in [3.63, 3.8) is 0 Å². The van der Waals surface area contributed by atoms with Crippen LogP contribution in [0.3, 0.4) is 0 Å². The van der Waals surface area contributed by atoms with E-state index in [0.717, 1.165) is 4.47 Å². The van der Waals surface area contributed by atoms with E-state index in [1.54, 1.807) is 24.3 Å². The predicted octanol–water partition coefficient (Wildman–Crippen LogP) is 5.20. The third-order valence-corrected chi connectivity index (χ3v) is 4.17. The number of amides is 1. The number of rotatable bonds is 5. The van der Waals surface area contributed by atoms with Crippen LogP contribution >= 0.6 is 39.1 Å². The van der Waals surface area contributed by atoms with Gasteiger partial charge in [0.25, 0.3) is 5.91 Å². The van der Waals surface area contributed by atoms with Crippen molar-refractivity contribution in [3.05, 3.63) is 62.1 Å². The minimum absolute atomic E-state index is 0.120. The van der Waals surface area contributed by atoms with Gasteiger partial charge in [0.05, 0.1) is 10.0 Å². The third-order valence-electron chi connectivity index (χ3n) is 3.08. The molecule has 2 aromatic rings. The zero-order valence-electron chi connectivity index (χ0n) is 13.1. The highest BCUT2D eigenvalue weighted by Crippen LogP contribution is 2.34. The first kappa shape index (κ1) is 19.8. The Bertz CT molecular complexity index is 921. The average Bonchev–Trinajstić information content (AvgIpc) is 2.61. The Morgan fingerprint density at radius 3 is 2.35 bits per heavy atom. The van der Waals surface area contributed by atoms with Crippen LogP contribution in [0.1, 0.15) is 5.56 Å². The van der Waals surface area contributed by atoms with Crippen molar-refractivity contribution in [2.45, 2.75) is 0 Å². The first-order valence-electron chi connectivity index (χ1n) is 7.12. The van der Waals surface area contributed by atoms with E-state index < -0.39 is 5.91 Å². The molecule has 1 N–H and O–H groups in total. The summed E-state index contributed by atoms with van der Waals surface area (Å²) in [6.07, 6.45) is 1.36. The molecular formula is C18H10BrCl2N3O2. The quantitative estimate of drug-likeness (QED) is 0.500. The van der Waals surface area contributed by atoms with Crippen LogP contribution < -0.4 is 10.1 Å². The fourth-order valence-electron chi connectivity index (χ4n) is 1.95. The van der Waals surface area contributed by atoms with Crippen molar-refractivity contribution in [1.82, 2.24) is 0 Å². The number of hydrogen-bond acceptors (Lipinski definition) is 4. The van der Waals surface area contributed by atoms with Crippen LogP contribution in [0, 0.1) is 22.7 Å². The number of carbonyl (C=O) groups excluding carboxylic acids is 1. The Labute approximate surface area is 168 Å². The van der Waals surface area contributed by atoms with E-state index in [9.17, 15) is 10.1 Å². The third kappa shape index (κ3) is 5.24. The molecule has 0 aliphatic carbocycles. The van der Waals surface area contributed by atoms with Gasteiger partial charge in [0.1, 0.15) is 17.7 Å². The molecule has 26 heavy (non-hydrogen) atoms. The van der Waals surface area contributed by atoms with Crippen molar-refractivity contribution >= 4 is 56.8 Å². The lowest BCUT2D eigenvalue weighted by Crippen LogP contribution is -2.13. The molecule has 130 valence electrons. The topological polar surface area (TPSA) is 85.9 Å². The fourth-order valence-corrected chi connectivity index (χ4v) is 2.83. The van der Waals surface area contributed by atoms with Gasteiger partial charge in [0, 0.05) is 10.2 Å². The monoisotopic (exact) mass is 449 g/mol. The van der Waals surface area contributed by atoms with Crippen molar-refractivity contribution < 1.29 is 9.53 Å². The van der Waals surface area contributed by atoms with Gasteiger partial charge in [-0.25, -0.2) is 0 Å². The first-order valence-corrected chi connectivity index (χ1v) is 8.67. The second-order valence-electron chi connectivity index (χ2n) is 4.89. The molecule has 2 aromatic carbocycles. The van der Waals surface area contributed by atoms with Gasteiger partial charge in [-0.05, 0) is 48.0 Å². The van der Waals surface area contributed by atoms with Crippen LogP contribution in [0.15, 0.2) is 46.4 Å². The molecule has 0 heterocycles. The number of benzene rings is 2. The number of nitrogens with one attached hydrogen (secondary N) is 1. The fraction of sp³-hybridized carbons (Fsp3) is 0.0556. The summed E-state index contributed by atoms with van der Waals surface area (Å²) in [5.74, 6) is -0.392. The van der Waals surface area contributed by atoms with Gasteiger partial charge in [0.15, 0.2) is 12.4 Å². The van der Waals surface area contributed by atoms with Gasteiger partial charge in [-0.15, -0.1) is 0 Å². The molecule has 0 atom stereocenters. The van der Waals surface area contributed by atoms with Crippen molar-refractivity contribution in [2.75, 3.05) is 11.9 Å². The highest BCUT2D eigenvalue weighted by Gasteiger charge is 2.13. The molecule has 0 aliphatic heterocycles. The maximum atomic E-state index is 12.3. The number of hydrogen-bond donors (Lipinski definition) is 1. The molecule has 2 rings (SSSR count). The lowest BCUT2D eigenvalue weighted by molar-refractivity contribution is -0.112. The molecule has 8 heteroatoms. The van der Waals surface area contributed by atoms with Gasteiger partial charge in [0.2, 0.25) is 0 Å². The number of carbonyl (C=O) groups is 1. The van der Waals surface area contributed by atoms with Gasteiger partial charge in [-0.1, -0.05) is 39.1 Å². The van der Waals surface area contributed by atoms with E-state index >= 15 is 0 Å².